The molecule has 1 atom stereocenters. The Morgan fingerprint density at radius 2 is 2.05 bits per heavy atom. The van der Waals surface area contributed by atoms with Gasteiger partial charge in [0.2, 0.25) is 0 Å². The lowest BCUT2D eigenvalue weighted by molar-refractivity contribution is -0.147. The van der Waals surface area contributed by atoms with Crippen LogP contribution in [0.25, 0.3) is 0 Å². The number of nitrogens with two attached hydrogens (primary N) is 1. The Balaban J connectivity index is 2.95. The molecule has 0 aliphatic rings. The van der Waals surface area contributed by atoms with Crippen LogP contribution in [0.3, 0.4) is 0 Å². The van der Waals surface area contributed by atoms with E-state index in [4.69, 9.17) is 10.5 Å². The quantitative estimate of drug-likeness (QED) is 0.670. The highest BCUT2D eigenvalue weighted by Gasteiger charge is 2.34. The minimum atomic E-state index is -4.78. The summed E-state index contributed by atoms with van der Waals surface area (Å²) in [5.41, 5.74) is 4.24. The predicted molar refractivity (Wildman–Crippen MR) is 64.3 cm³/mol. The molecule has 0 spiro atoms. The zero-order valence-corrected chi connectivity index (χ0v) is 10.8. The van der Waals surface area contributed by atoms with Crippen LogP contribution in [-0.2, 0) is 22.1 Å². The summed E-state index contributed by atoms with van der Waals surface area (Å²) in [6, 6.07) is 2.63. The van der Waals surface area contributed by atoms with Gasteiger partial charge in [-0.2, -0.15) is 13.2 Å². The van der Waals surface area contributed by atoms with Crippen LogP contribution in [0.15, 0.2) is 18.2 Å². The number of alkyl halides is 3. The van der Waals surface area contributed by atoms with Crippen LogP contribution in [0.4, 0.5) is 17.6 Å². The van der Waals surface area contributed by atoms with Gasteiger partial charge in [-0.05, 0) is 31.0 Å². The number of hydrogen-bond acceptors (Lipinski definition) is 3. The van der Waals surface area contributed by atoms with Crippen molar-refractivity contribution in [3.05, 3.63) is 35.1 Å². The van der Waals surface area contributed by atoms with Crippen LogP contribution < -0.4 is 5.73 Å². The molecule has 0 heterocycles. The van der Waals surface area contributed by atoms with Crippen molar-refractivity contribution < 1.29 is 27.1 Å². The van der Waals surface area contributed by atoms with Crippen molar-refractivity contribution in [1.29, 1.82) is 0 Å². The second-order valence-electron chi connectivity index (χ2n) is 4.20. The molecule has 112 valence electrons. The van der Waals surface area contributed by atoms with E-state index in [1.54, 1.807) is 6.92 Å². The third kappa shape index (κ3) is 4.19. The number of carbonyl (C=O) groups excluding carboxylic acids is 1. The first-order valence-electron chi connectivity index (χ1n) is 6.01. The minimum absolute atomic E-state index is 0.0291. The number of halogens is 4. The van der Waals surface area contributed by atoms with Gasteiger partial charge in [-0.15, -0.1) is 0 Å². The van der Waals surface area contributed by atoms with Gasteiger partial charge < -0.3 is 10.5 Å². The molecular formula is C13H15F4NO2. The van der Waals surface area contributed by atoms with Crippen molar-refractivity contribution in [3.63, 3.8) is 0 Å². The van der Waals surface area contributed by atoms with Crippen LogP contribution in [0.5, 0.6) is 0 Å². The summed E-state index contributed by atoms with van der Waals surface area (Å²) in [5.74, 6) is -2.67. The van der Waals surface area contributed by atoms with Gasteiger partial charge >= 0.3 is 12.1 Å². The number of hydrogen-bond donors (Lipinski definition) is 1. The standard InChI is InChI=1S/C13H15F4NO2/c1-2-20-12(19)9(7-18)5-8-3-4-11(14)10(6-8)13(15,16)17/h3-4,6,9H,2,5,7,18H2,1H3. The fraction of sp³-hybridized carbons (Fsp3) is 0.462. The number of ether oxygens (including phenoxy) is 1. The first-order chi connectivity index (χ1) is 9.29. The van der Waals surface area contributed by atoms with Crippen molar-refractivity contribution in [2.24, 2.45) is 11.7 Å². The highest BCUT2D eigenvalue weighted by atomic mass is 19.4. The third-order valence-corrected chi connectivity index (χ3v) is 2.72. The summed E-state index contributed by atoms with van der Waals surface area (Å²) in [6.07, 6.45) is -4.80. The van der Waals surface area contributed by atoms with E-state index in [1.165, 1.54) is 6.07 Å². The fourth-order valence-electron chi connectivity index (χ4n) is 1.72. The van der Waals surface area contributed by atoms with Crippen molar-refractivity contribution in [2.45, 2.75) is 19.5 Å². The maximum atomic E-state index is 13.1. The Hall–Kier alpha value is -1.63. The molecule has 1 rings (SSSR count). The van der Waals surface area contributed by atoms with Gasteiger partial charge in [-0.25, -0.2) is 4.39 Å². The normalized spacial score (nSPS) is 13.1. The predicted octanol–water partition coefficient (Wildman–Crippen LogP) is 2.53. The lowest BCUT2D eigenvalue weighted by Crippen LogP contribution is -2.27. The van der Waals surface area contributed by atoms with Gasteiger partial charge in [0.1, 0.15) is 5.82 Å². The van der Waals surface area contributed by atoms with Crippen molar-refractivity contribution in [3.8, 4) is 0 Å². The SMILES string of the molecule is CCOC(=O)C(CN)Cc1ccc(F)c(C(F)(F)F)c1. The molecule has 2 N–H and O–H groups in total. The summed E-state index contributed by atoms with van der Waals surface area (Å²) in [7, 11) is 0. The molecule has 0 radical (unpaired) electrons. The third-order valence-electron chi connectivity index (χ3n) is 2.72. The van der Waals surface area contributed by atoms with E-state index in [9.17, 15) is 22.4 Å². The second-order valence-corrected chi connectivity index (χ2v) is 4.20. The Morgan fingerprint density at radius 1 is 1.40 bits per heavy atom. The molecule has 20 heavy (non-hydrogen) atoms. The smallest absolute Gasteiger partial charge is 0.419 e. The van der Waals surface area contributed by atoms with E-state index in [-0.39, 0.29) is 25.1 Å². The van der Waals surface area contributed by atoms with E-state index in [0.29, 0.717) is 6.07 Å². The molecule has 0 aromatic heterocycles. The number of esters is 1. The Labute approximate surface area is 113 Å². The summed E-state index contributed by atoms with van der Waals surface area (Å²) in [5, 5.41) is 0. The summed E-state index contributed by atoms with van der Waals surface area (Å²) in [6.45, 7) is 1.72. The van der Waals surface area contributed by atoms with Crippen molar-refractivity contribution >= 4 is 5.97 Å². The molecular weight excluding hydrogens is 278 g/mol. The molecule has 0 aliphatic carbocycles. The Bertz CT molecular complexity index is 474. The molecule has 7 heteroatoms. The fourth-order valence-corrected chi connectivity index (χ4v) is 1.72. The number of rotatable bonds is 5. The maximum absolute atomic E-state index is 13.1. The topological polar surface area (TPSA) is 52.3 Å². The van der Waals surface area contributed by atoms with Crippen molar-refractivity contribution in [2.75, 3.05) is 13.2 Å². The van der Waals surface area contributed by atoms with E-state index >= 15 is 0 Å². The average molecular weight is 293 g/mol. The van der Waals surface area contributed by atoms with Crippen LogP contribution in [0.2, 0.25) is 0 Å². The monoisotopic (exact) mass is 293 g/mol. The van der Waals surface area contributed by atoms with Gasteiger partial charge in [0, 0.05) is 6.54 Å². The molecule has 0 aliphatic heterocycles. The van der Waals surface area contributed by atoms with E-state index in [1.807, 2.05) is 0 Å². The molecule has 0 saturated carbocycles. The van der Waals surface area contributed by atoms with Crippen molar-refractivity contribution in [1.82, 2.24) is 0 Å². The molecule has 1 unspecified atom stereocenters. The van der Waals surface area contributed by atoms with Crippen LogP contribution >= 0.6 is 0 Å². The van der Waals surface area contributed by atoms with Gasteiger partial charge in [0.15, 0.2) is 0 Å². The van der Waals surface area contributed by atoms with Gasteiger partial charge in [-0.3, -0.25) is 4.79 Å². The van der Waals surface area contributed by atoms with Gasteiger partial charge in [0.05, 0.1) is 18.1 Å². The molecule has 1 aromatic rings. The van der Waals surface area contributed by atoms with E-state index in [2.05, 4.69) is 0 Å². The zero-order chi connectivity index (χ0) is 15.3. The van der Waals surface area contributed by atoms with Crippen LogP contribution in [0.1, 0.15) is 18.1 Å². The highest BCUT2D eigenvalue weighted by molar-refractivity contribution is 5.73. The maximum Gasteiger partial charge on any atom is 0.419 e. The Kier molecular flexibility index (Phi) is 5.50. The molecule has 0 saturated heterocycles. The second kappa shape index (κ2) is 6.69. The van der Waals surface area contributed by atoms with Crippen LogP contribution in [0, 0.1) is 11.7 Å². The number of benzene rings is 1. The van der Waals surface area contributed by atoms with Crippen LogP contribution in [-0.4, -0.2) is 19.1 Å². The first kappa shape index (κ1) is 16.4. The van der Waals surface area contributed by atoms with E-state index < -0.39 is 29.4 Å². The summed E-state index contributed by atoms with van der Waals surface area (Å²) < 4.78 is 55.6. The summed E-state index contributed by atoms with van der Waals surface area (Å²) in [4.78, 5) is 11.5. The van der Waals surface area contributed by atoms with Gasteiger partial charge in [-0.1, -0.05) is 6.07 Å². The Morgan fingerprint density at radius 3 is 2.55 bits per heavy atom. The largest absolute Gasteiger partial charge is 0.466 e. The molecule has 0 amide bonds. The molecule has 0 fully saturated rings. The first-order valence-corrected chi connectivity index (χ1v) is 6.01. The average Bonchev–Trinajstić information content (AvgIpc) is 2.36. The molecule has 0 bridgehead atoms. The van der Waals surface area contributed by atoms with Gasteiger partial charge in [0.25, 0.3) is 0 Å². The highest BCUT2D eigenvalue weighted by Crippen LogP contribution is 2.32. The minimum Gasteiger partial charge on any atom is -0.466 e. The zero-order valence-electron chi connectivity index (χ0n) is 10.8. The summed E-state index contributed by atoms with van der Waals surface area (Å²) >= 11 is 0. The lowest BCUT2D eigenvalue weighted by atomic mass is 9.97. The van der Waals surface area contributed by atoms with E-state index in [0.717, 1.165) is 6.07 Å². The molecule has 3 nitrogen and oxygen atoms in total. The number of carbonyl (C=O) groups is 1. The molecule has 1 aromatic carbocycles. The lowest BCUT2D eigenvalue weighted by Gasteiger charge is -2.15.